The van der Waals surface area contributed by atoms with Crippen LogP contribution in [0.15, 0.2) is 35.2 Å². The van der Waals surface area contributed by atoms with E-state index in [4.69, 9.17) is 9.84 Å². The zero-order chi connectivity index (χ0) is 11.8. The Hall–Kier alpha value is -1.00. The van der Waals surface area contributed by atoms with Gasteiger partial charge in [0.2, 0.25) is 0 Å². The molecule has 1 atom stereocenters. The van der Waals surface area contributed by atoms with Gasteiger partial charge in [-0.15, -0.1) is 11.8 Å². The zero-order valence-corrected chi connectivity index (χ0v) is 10.1. The Bertz CT molecular complexity index is 313. The summed E-state index contributed by atoms with van der Waals surface area (Å²) >= 11 is 1.64. The Balaban J connectivity index is 2.30. The lowest BCUT2D eigenvalue weighted by Crippen LogP contribution is -2.13. The third kappa shape index (κ3) is 5.19. The number of aliphatic hydroxyl groups is 1. The number of esters is 1. The first-order chi connectivity index (χ1) is 7.72. The molecule has 0 radical (unpaired) electrons. The summed E-state index contributed by atoms with van der Waals surface area (Å²) in [7, 11) is 0. The van der Waals surface area contributed by atoms with Crippen LogP contribution in [0.5, 0.6) is 0 Å². The van der Waals surface area contributed by atoms with Crippen molar-refractivity contribution in [2.24, 2.45) is 0 Å². The molecule has 0 aromatic heterocycles. The largest absolute Gasteiger partial charge is 0.463 e. The highest BCUT2D eigenvalue weighted by Gasteiger charge is 2.11. The smallest absolute Gasteiger partial charge is 0.306 e. The Morgan fingerprint density at radius 3 is 2.75 bits per heavy atom. The molecule has 0 spiro atoms. The van der Waals surface area contributed by atoms with Gasteiger partial charge >= 0.3 is 5.97 Å². The Morgan fingerprint density at radius 2 is 2.12 bits per heavy atom. The number of hydrogen-bond acceptors (Lipinski definition) is 4. The zero-order valence-electron chi connectivity index (χ0n) is 9.26. The molecule has 0 aliphatic rings. The quantitative estimate of drug-likeness (QED) is 0.611. The lowest BCUT2D eigenvalue weighted by atomic mass is 10.3. The van der Waals surface area contributed by atoms with Crippen molar-refractivity contribution in [1.82, 2.24) is 0 Å². The number of benzene rings is 1. The van der Waals surface area contributed by atoms with E-state index in [9.17, 15) is 4.79 Å². The molecule has 88 valence electrons. The normalized spacial score (nSPS) is 12.1. The van der Waals surface area contributed by atoms with Crippen molar-refractivity contribution >= 4 is 17.7 Å². The molecule has 4 heteroatoms. The summed E-state index contributed by atoms with van der Waals surface area (Å²) in [6.07, 6.45) is 0.361. The Kier molecular flexibility index (Phi) is 5.96. The van der Waals surface area contributed by atoms with Crippen LogP contribution in [-0.4, -0.2) is 29.5 Å². The minimum Gasteiger partial charge on any atom is -0.463 e. The van der Waals surface area contributed by atoms with Gasteiger partial charge in [-0.3, -0.25) is 4.79 Å². The number of thioether (sulfide) groups is 1. The summed E-state index contributed by atoms with van der Waals surface area (Å²) < 4.78 is 4.80. The van der Waals surface area contributed by atoms with Crippen LogP contribution in [0.4, 0.5) is 0 Å². The highest BCUT2D eigenvalue weighted by Crippen LogP contribution is 2.24. The van der Waals surface area contributed by atoms with Crippen LogP contribution in [0, 0.1) is 0 Å². The number of carbonyl (C=O) groups is 1. The molecule has 1 rings (SSSR count). The molecule has 0 fully saturated rings. The minimum absolute atomic E-state index is 0.0849. The number of ether oxygens (including phenoxy) is 1. The summed E-state index contributed by atoms with van der Waals surface area (Å²) in [5.41, 5.74) is 0. The van der Waals surface area contributed by atoms with E-state index >= 15 is 0 Å². The molecular weight excluding hydrogens is 224 g/mol. The van der Waals surface area contributed by atoms with Crippen LogP contribution in [-0.2, 0) is 9.53 Å². The van der Waals surface area contributed by atoms with Gasteiger partial charge in [0.1, 0.15) is 6.61 Å². The topological polar surface area (TPSA) is 46.5 Å². The predicted molar refractivity (Wildman–Crippen MR) is 64.4 cm³/mol. The number of carbonyl (C=O) groups excluding carboxylic acids is 1. The molecule has 0 bridgehead atoms. The van der Waals surface area contributed by atoms with Gasteiger partial charge in [0.25, 0.3) is 0 Å². The van der Waals surface area contributed by atoms with Gasteiger partial charge in [0, 0.05) is 10.1 Å². The molecule has 16 heavy (non-hydrogen) atoms. The van der Waals surface area contributed by atoms with E-state index in [0.29, 0.717) is 6.42 Å². The number of rotatable bonds is 6. The fourth-order valence-corrected chi connectivity index (χ4v) is 2.22. The molecule has 0 saturated carbocycles. The van der Waals surface area contributed by atoms with Crippen molar-refractivity contribution in [1.29, 1.82) is 0 Å². The average molecular weight is 240 g/mol. The third-order valence-electron chi connectivity index (χ3n) is 1.89. The summed E-state index contributed by atoms with van der Waals surface area (Å²) in [6, 6.07) is 9.93. The lowest BCUT2D eigenvalue weighted by molar-refractivity contribution is -0.144. The van der Waals surface area contributed by atoms with Crippen LogP contribution in [0.2, 0.25) is 0 Å². The van der Waals surface area contributed by atoms with Crippen molar-refractivity contribution in [2.75, 3.05) is 13.2 Å². The molecule has 1 N–H and O–H groups in total. The standard InChI is InChI=1S/C12H16O3S/c1-10(9-12(14)15-8-7-13)16-11-5-3-2-4-6-11/h2-6,10,13H,7-9H2,1H3. The maximum atomic E-state index is 11.3. The van der Waals surface area contributed by atoms with Crippen LogP contribution in [0.25, 0.3) is 0 Å². The first-order valence-electron chi connectivity index (χ1n) is 5.20. The van der Waals surface area contributed by atoms with E-state index in [0.717, 1.165) is 4.90 Å². The Morgan fingerprint density at radius 1 is 1.44 bits per heavy atom. The second kappa shape index (κ2) is 7.30. The fourth-order valence-electron chi connectivity index (χ4n) is 1.23. The molecular formula is C12H16O3S. The molecule has 0 aliphatic carbocycles. The van der Waals surface area contributed by atoms with E-state index in [-0.39, 0.29) is 24.4 Å². The molecule has 1 aromatic carbocycles. The maximum absolute atomic E-state index is 11.3. The summed E-state index contributed by atoms with van der Waals surface area (Å²) in [5.74, 6) is -0.259. The minimum atomic E-state index is -0.259. The van der Waals surface area contributed by atoms with E-state index < -0.39 is 0 Å². The molecule has 0 aliphatic heterocycles. The van der Waals surface area contributed by atoms with Crippen LogP contribution >= 0.6 is 11.8 Å². The molecule has 0 heterocycles. The average Bonchev–Trinajstić information content (AvgIpc) is 2.27. The maximum Gasteiger partial charge on any atom is 0.306 e. The first kappa shape index (κ1) is 13.1. The lowest BCUT2D eigenvalue weighted by Gasteiger charge is -2.10. The van der Waals surface area contributed by atoms with E-state index in [1.807, 2.05) is 37.3 Å². The highest BCUT2D eigenvalue weighted by molar-refractivity contribution is 8.00. The van der Waals surface area contributed by atoms with E-state index in [1.54, 1.807) is 11.8 Å². The van der Waals surface area contributed by atoms with Crippen molar-refractivity contribution < 1.29 is 14.6 Å². The molecule has 3 nitrogen and oxygen atoms in total. The molecule has 0 saturated heterocycles. The van der Waals surface area contributed by atoms with Crippen molar-refractivity contribution in [3.8, 4) is 0 Å². The first-order valence-corrected chi connectivity index (χ1v) is 6.08. The fraction of sp³-hybridized carbons (Fsp3) is 0.417. The van der Waals surface area contributed by atoms with Gasteiger partial charge in [-0.05, 0) is 12.1 Å². The summed E-state index contributed by atoms with van der Waals surface area (Å²) in [6.45, 7) is 1.95. The molecule has 1 unspecified atom stereocenters. The highest BCUT2D eigenvalue weighted by atomic mass is 32.2. The second-order valence-electron chi connectivity index (χ2n) is 3.39. The van der Waals surface area contributed by atoms with Crippen molar-refractivity contribution in [3.63, 3.8) is 0 Å². The van der Waals surface area contributed by atoms with Crippen molar-refractivity contribution in [3.05, 3.63) is 30.3 Å². The number of hydrogen-bond donors (Lipinski definition) is 1. The van der Waals surface area contributed by atoms with Gasteiger partial charge in [0.05, 0.1) is 13.0 Å². The van der Waals surface area contributed by atoms with Crippen LogP contribution < -0.4 is 0 Å². The second-order valence-corrected chi connectivity index (χ2v) is 4.90. The van der Waals surface area contributed by atoms with Crippen molar-refractivity contribution in [2.45, 2.75) is 23.5 Å². The number of aliphatic hydroxyl groups excluding tert-OH is 1. The molecule has 0 amide bonds. The van der Waals surface area contributed by atoms with Gasteiger partial charge < -0.3 is 9.84 Å². The molecule has 1 aromatic rings. The van der Waals surface area contributed by atoms with Gasteiger partial charge in [-0.2, -0.15) is 0 Å². The third-order valence-corrected chi connectivity index (χ3v) is 3.00. The van der Waals surface area contributed by atoms with Crippen LogP contribution in [0.3, 0.4) is 0 Å². The van der Waals surface area contributed by atoms with Gasteiger partial charge in [-0.25, -0.2) is 0 Å². The predicted octanol–water partition coefficient (Wildman–Crippen LogP) is 2.09. The summed E-state index contributed by atoms with van der Waals surface area (Å²) in [4.78, 5) is 12.4. The van der Waals surface area contributed by atoms with E-state index in [1.165, 1.54) is 0 Å². The summed E-state index contributed by atoms with van der Waals surface area (Å²) in [5, 5.41) is 8.68. The van der Waals surface area contributed by atoms with E-state index in [2.05, 4.69) is 0 Å². The van der Waals surface area contributed by atoms with Gasteiger partial charge in [-0.1, -0.05) is 25.1 Å². The van der Waals surface area contributed by atoms with Gasteiger partial charge in [0.15, 0.2) is 0 Å². The monoisotopic (exact) mass is 240 g/mol. The SMILES string of the molecule is CC(CC(=O)OCCO)Sc1ccccc1. The Labute approximate surface area is 99.8 Å². The van der Waals surface area contributed by atoms with Crippen LogP contribution in [0.1, 0.15) is 13.3 Å².